The van der Waals surface area contributed by atoms with E-state index < -0.39 is 5.97 Å². The van der Waals surface area contributed by atoms with Gasteiger partial charge in [0.15, 0.2) is 0 Å². The number of hydrogen-bond acceptors (Lipinski definition) is 4. The molecule has 0 aromatic carbocycles. The zero-order valence-corrected chi connectivity index (χ0v) is 20.0. The van der Waals surface area contributed by atoms with Gasteiger partial charge in [0.2, 0.25) is 12.3 Å². The van der Waals surface area contributed by atoms with Crippen molar-refractivity contribution >= 4 is 18.3 Å². The molecule has 2 N–H and O–H groups in total. The lowest BCUT2D eigenvalue weighted by molar-refractivity contribution is -0.150. The maximum absolute atomic E-state index is 12.0. The Kier molecular flexibility index (Phi) is 16.0. The van der Waals surface area contributed by atoms with Gasteiger partial charge in [0.05, 0.1) is 5.92 Å². The zero-order chi connectivity index (χ0) is 22.7. The van der Waals surface area contributed by atoms with E-state index in [1.165, 1.54) is 64.2 Å². The smallest absolute Gasteiger partial charge is 0.325 e. The van der Waals surface area contributed by atoms with Gasteiger partial charge >= 0.3 is 5.97 Å². The summed E-state index contributed by atoms with van der Waals surface area (Å²) in [6.07, 6.45) is 18.6. The van der Waals surface area contributed by atoms with Crippen LogP contribution in [0.3, 0.4) is 0 Å². The summed E-state index contributed by atoms with van der Waals surface area (Å²) >= 11 is 0. The maximum atomic E-state index is 12.0. The molecule has 1 aliphatic rings. The maximum Gasteiger partial charge on any atom is 0.325 e. The van der Waals surface area contributed by atoms with E-state index in [1.807, 2.05) is 0 Å². The molecule has 2 amide bonds. The summed E-state index contributed by atoms with van der Waals surface area (Å²) in [5, 5.41) is 5.38. The summed E-state index contributed by atoms with van der Waals surface area (Å²) in [6, 6.07) is 0.101. The molecule has 1 heterocycles. The minimum absolute atomic E-state index is 0.0503. The van der Waals surface area contributed by atoms with Crippen LogP contribution in [-0.2, 0) is 19.1 Å². The fourth-order valence-electron chi connectivity index (χ4n) is 4.37. The largest absolute Gasteiger partial charge is 0.461 e. The van der Waals surface area contributed by atoms with Crippen molar-refractivity contribution in [2.75, 3.05) is 6.54 Å². The standard InChI is InChI=1S/C25H46N2O4/c1-3-5-7-9-10-11-12-13-14-16-21(31-24(29)19-26-20-28)18-23-22(25(30)27-23)17-15-8-6-4-2/h20-23H,3-19H2,1-2H3,(H,26,28)(H,27,30)/t21-,22-,23-/m0/s1. The molecule has 0 aromatic heterocycles. The Morgan fingerprint density at radius 2 is 1.55 bits per heavy atom. The van der Waals surface area contributed by atoms with Crippen LogP contribution in [0.4, 0.5) is 0 Å². The van der Waals surface area contributed by atoms with E-state index in [9.17, 15) is 14.4 Å². The third kappa shape index (κ3) is 12.8. The summed E-state index contributed by atoms with van der Waals surface area (Å²) in [5.41, 5.74) is 0. The average molecular weight is 439 g/mol. The molecule has 6 nitrogen and oxygen atoms in total. The molecule has 0 saturated carbocycles. The molecule has 180 valence electrons. The Morgan fingerprint density at radius 3 is 2.13 bits per heavy atom. The van der Waals surface area contributed by atoms with E-state index in [1.54, 1.807) is 0 Å². The molecule has 0 bridgehead atoms. The fourth-order valence-corrected chi connectivity index (χ4v) is 4.37. The molecular weight excluding hydrogens is 392 g/mol. The van der Waals surface area contributed by atoms with Crippen LogP contribution in [0.25, 0.3) is 0 Å². The summed E-state index contributed by atoms with van der Waals surface area (Å²) < 4.78 is 5.65. The normalized spacial score (nSPS) is 18.7. The van der Waals surface area contributed by atoms with Gasteiger partial charge in [-0.25, -0.2) is 0 Å². The van der Waals surface area contributed by atoms with Crippen molar-refractivity contribution in [3.05, 3.63) is 0 Å². The molecule has 6 heteroatoms. The van der Waals surface area contributed by atoms with Crippen molar-refractivity contribution < 1.29 is 19.1 Å². The zero-order valence-electron chi connectivity index (χ0n) is 20.0. The highest BCUT2D eigenvalue weighted by atomic mass is 16.5. The second-order valence-corrected chi connectivity index (χ2v) is 9.03. The quantitative estimate of drug-likeness (QED) is 0.114. The second-order valence-electron chi connectivity index (χ2n) is 9.03. The van der Waals surface area contributed by atoms with Crippen molar-refractivity contribution in [1.29, 1.82) is 0 Å². The highest BCUT2D eigenvalue weighted by molar-refractivity contribution is 5.85. The molecule has 0 aliphatic carbocycles. The first-order valence-electron chi connectivity index (χ1n) is 12.8. The van der Waals surface area contributed by atoms with Gasteiger partial charge in [-0.3, -0.25) is 14.4 Å². The van der Waals surface area contributed by atoms with Crippen molar-refractivity contribution in [3.63, 3.8) is 0 Å². The van der Waals surface area contributed by atoms with Crippen LogP contribution in [0.15, 0.2) is 0 Å². The predicted molar refractivity (Wildman–Crippen MR) is 125 cm³/mol. The van der Waals surface area contributed by atoms with Crippen molar-refractivity contribution in [2.24, 2.45) is 5.92 Å². The number of carbonyl (C=O) groups is 3. The van der Waals surface area contributed by atoms with Gasteiger partial charge in [-0.2, -0.15) is 0 Å². The lowest BCUT2D eigenvalue weighted by atomic mass is 9.82. The molecule has 0 radical (unpaired) electrons. The van der Waals surface area contributed by atoms with Gasteiger partial charge < -0.3 is 15.4 Å². The number of amides is 2. The molecule has 1 rings (SSSR count). The van der Waals surface area contributed by atoms with Crippen molar-refractivity contribution in [3.8, 4) is 0 Å². The Hall–Kier alpha value is -1.59. The summed E-state index contributed by atoms with van der Waals surface area (Å²) in [7, 11) is 0. The van der Waals surface area contributed by atoms with Crippen molar-refractivity contribution in [2.45, 2.75) is 129 Å². The number of carbonyl (C=O) groups excluding carboxylic acids is 3. The number of esters is 1. The van der Waals surface area contributed by atoms with Gasteiger partial charge in [0.25, 0.3) is 0 Å². The molecule has 1 aliphatic heterocycles. The number of β-lactam (4-membered cyclic amide) rings is 1. The van der Waals surface area contributed by atoms with Crippen LogP contribution in [-0.4, -0.2) is 37.0 Å². The van der Waals surface area contributed by atoms with Gasteiger partial charge in [-0.1, -0.05) is 90.9 Å². The first-order valence-corrected chi connectivity index (χ1v) is 12.8. The monoisotopic (exact) mass is 438 g/mol. The number of nitrogens with one attached hydrogen (secondary N) is 2. The highest BCUT2D eigenvalue weighted by Gasteiger charge is 2.40. The summed E-state index contributed by atoms with van der Waals surface area (Å²) in [4.78, 5) is 34.5. The third-order valence-electron chi connectivity index (χ3n) is 6.29. The lowest BCUT2D eigenvalue weighted by Gasteiger charge is -2.38. The van der Waals surface area contributed by atoms with Gasteiger partial charge in [0.1, 0.15) is 12.6 Å². The minimum atomic E-state index is -0.404. The van der Waals surface area contributed by atoms with E-state index in [-0.39, 0.29) is 30.5 Å². The third-order valence-corrected chi connectivity index (χ3v) is 6.29. The molecule has 1 saturated heterocycles. The van der Waals surface area contributed by atoms with Gasteiger partial charge in [-0.05, 0) is 19.3 Å². The molecule has 1 fully saturated rings. The number of ether oxygens (including phenoxy) is 1. The van der Waals surface area contributed by atoms with Gasteiger partial charge in [0, 0.05) is 12.5 Å². The number of unbranched alkanes of at least 4 members (excludes halogenated alkanes) is 11. The molecule has 3 atom stereocenters. The molecule has 31 heavy (non-hydrogen) atoms. The summed E-state index contributed by atoms with van der Waals surface area (Å²) in [5.74, 6) is -0.218. The van der Waals surface area contributed by atoms with Crippen LogP contribution >= 0.6 is 0 Å². The van der Waals surface area contributed by atoms with Crippen LogP contribution < -0.4 is 10.6 Å². The fraction of sp³-hybridized carbons (Fsp3) is 0.880. The minimum Gasteiger partial charge on any atom is -0.461 e. The topological polar surface area (TPSA) is 84.5 Å². The first-order chi connectivity index (χ1) is 15.1. The van der Waals surface area contributed by atoms with E-state index in [0.29, 0.717) is 12.8 Å². The molecular formula is C25H46N2O4. The van der Waals surface area contributed by atoms with Crippen LogP contribution in [0.1, 0.15) is 117 Å². The van der Waals surface area contributed by atoms with E-state index in [4.69, 9.17) is 4.74 Å². The molecule has 0 spiro atoms. The highest BCUT2D eigenvalue weighted by Crippen LogP contribution is 2.27. The Labute approximate surface area is 189 Å². The number of rotatable bonds is 21. The van der Waals surface area contributed by atoms with E-state index >= 15 is 0 Å². The second kappa shape index (κ2) is 18.0. The average Bonchev–Trinajstić information content (AvgIpc) is 2.75. The van der Waals surface area contributed by atoms with Crippen molar-refractivity contribution in [1.82, 2.24) is 10.6 Å². The van der Waals surface area contributed by atoms with Crippen LogP contribution in [0.5, 0.6) is 0 Å². The van der Waals surface area contributed by atoms with Crippen LogP contribution in [0.2, 0.25) is 0 Å². The Morgan fingerprint density at radius 1 is 0.968 bits per heavy atom. The molecule has 0 aromatic rings. The first kappa shape index (κ1) is 27.4. The van der Waals surface area contributed by atoms with Crippen LogP contribution in [0, 0.1) is 5.92 Å². The lowest BCUT2D eigenvalue weighted by Crippen LogP contribution is -2.59. The molecule has 0 unspecified atom stereocenters. The van der Waals surface area contributed by atoms with E-state index in [0.717, 1.165) is 32.1 Å². The summed E-state index contributed by atoms with van der Waals surface area (Å²) in [6.45, 7) is 4.32. The SMILES string of the molecule is CCCCCCCCCCC[C@@H](C[C@@H]1NC(=O)[C@H]1CCCCCC)OC(=O)CNC=O. The Bertz CT molecular complexity index is 498. The number of hydrogen-bond donors (Lipinski definition) is 2. The predicted octanol–water partition coefficient (Wildman–Crippen LogP) is 5.04. The van der Waals surface area contributed by atoms with E-state index in [2.05, 4.69) is 24.5 Å². The Balaban J connectivity index is 2.36. The van der Waals surface area contributed by atoms with Gasteiger partial charge in [-0.15, -0.1) is 0 Å².